The molecular formula is C9H7N5O. The van der Waals surface area contributed by atoms with Crippen LogP contribution in [0.25, 0.3) is 11.0 Å². The molecular weight excluding hydrogens is 194 g/mol. The van der Waals surface area contributed by atoms with Crippen molar-refractivity contribution in [3.8, 4) is 11.8 Å². The largest absolute Gasteiger partial charge is 0.383 e. The number of carbonyl (C=O) groups excluding carboxylic acids is 1. The molecule has 6 nitrogen and oxygen atoms in total. The summed E-state index contributed by atoms with van der Waals surface area (Å²) in [6.45, 7) is 0. The number of primary amides is 1. The zero-order valence-corrected chi connectivity index (χ0v) is 7.61. The number of hydrogen-bond acceptors (Lipinski definition) is 4. The Bertz CT molecular complexity index is 589. The van der Waals surface area contributed by atoms with Crippen molar-refractivity contribution in [2.75, 3.05) is 5.73 Å². The number of fused-ring (bicyclic) bond motifs is 1. The maximum Gasteiger partial charge on any atom is 0.293 e. The lowest BCUT2D eigenvalue weighted by molar-refractivity contribution is -0.112. The van der Waals surface area contributed by atoms with E-state index in [-0.39, 0.29) is 0 Å². The summed E-state index contributed by atoms with van der Waals surface area (Å²) in [5.74, 6) is 4.44. The third-order valence-electron chi connectivity index (χ3n) is 1.82. The van der Waals surface area contributed by atoms with Crippen molar-refractivity contribution in [2.45, 2.75) is 0 Å². The fourth-order valence-corrected chi connectivity index (χ4v) is 1.21. The summed E-state index contributed by atoms with van der Waals surface area (Å²) in [5.41, 5.74) is 11.7. The van der Waals surface area contributed by atoms with Gasteiger partial charge in [-0.15, -0.1) is 0 Å². The quantitative estimate of drug-likeness (QED) is 0.493. The highest BCUT2D eigenvalue weighted by molar-refractivity contribution is 5.96. The van der Waals surface area contributed by atoms with E-state index in [1.807, 2.05) is 0 Å². The standard InChI is InChI=1S/C9H7N5O/c10-6(15)2-1-5-3-12-9-7(5)8(11)13-4-14-9/h3-4H,(H2,10,15)(H3,11,12,13,14). The Labute approximate surface area is 84.7 Å². The van der Waals surface area contributed by atoms with Crippen LogP contribution in [0.1, 0.15) is 5.56 Å². The van der Waals surface area contributed by atoms with Crippen molar-refractivity contribution in [1.82, 2.24) is 15.0 Å². The average Bonchev–Trinajstić information content (AvgIpc) is 2.59. The van der Waals surface area contributed by atoms with Gasteiger partial charge in [0.05, 0.1) is 10.9 Å². The van der Waals surface area contributed by atoms with E-state index in [9.17, 15) is 4.79 Å². The molecule has 6 heteroatoms. The van der Waals surface area contributed by atoms with Crippen LogP contribution < -0.4 is 11.5 Å². The van der Waals surface area contributed by atoms with Crippen LogP contribution >= 0.6 is 0 Å². The molecule has 0 spiro atoms. The molecule has 74 valence electrons. The Morgan fingerprint density at radius 3 is 3.00 bits per heavy atom. The fourth-order valence-electron chi connectivity index (χ4n) is 1.21. The Morgan fingerprint density at radius 2 is 2.27 bits per heavy atom. The minimum absolute atomic E-state index is 0.315. The number of amides is 1. The zero-order valence-electron chi connectivity index (χ0n) is 7.61. The second-order valence-electron chi connectivity index (χ2n) is 2.80. The molecule has 0 aliphatic rings. The molecule has 2 heterocycles. The van der Waals surface area contributed by atoms with Crippen LogP contribution in [0.4, 0.5) is 5.82 Å². The summed E-state index contributed by atoms with van der Waals surface area (Å²) >= 11 is 0. The van der Waals surface area contributed by atoms with Crippen molar-refractivity contribution in [2.24, 2.45) is 5.73 Å². The highest BCUT2D eigenvalue weighted by Crippen LogP contribution is 2.19. The molecule has 0 fully saturated rings. The van der Waals surface area contributed by atoms with Crippen LogP contribution in [-0.2, 0) is 4.79 Å². The highest BCUT2D eigenvalue weighted by atomic mass is 16.1. The highest BCUT2D eigenvalue weighted by Gasteiger charge is 2.06. The number of anilines is 1. The smallest absolute Gasteiger partial charge is 0.293 e. The lowest BCUT2D eigenvalue weighted by Crippen LogP contribution is -2.06. The molecule has 0 unspecified atom stereocenters. The summed E-state index contributed by atoms with van der Waals surface area (Å²) in [6, 6.07) is 0. The monoisotopic (exact) mass is 201 g/mol. The number of H-pyrrole nitrogens is 1. The molecule has 0 saturated heterocycles. The zero-order chi connectivity index (χ0) is 10.8. The number of aromatic amines is 1. The fraction of sp³-hybridized carbons (Fsp3) is 0. The lowest BCUT2D eigenvalue weighted by Gasteiger charge is -1.93. The molecule has 0 saturated carbocycles. The number of nitrogens with one attached hydrogen (secondary N) is 1. The lowest BCUT2D eigenvalue weighted by atomic mass is 10.2. The second kappa shape index (κ2) is 3.31. The molecule has 1 amide bonds. The van der Waals surface area contributed by atoms with E-state index in [1.165, 1.54) is 6.33 Å². The first-order chi connectivity index (χ1) is 7.18. The first-order valence-corrected chi connectivity index (χ1v) is 4.07. The molecule has 0 aliphatic carbocycles. The number of nitrogens with zero attached hydrogens (tertiary/aromatic N) is 2. The van der Waals surface area contributed by atoms with Crippen LogP contribution in [-0.4, -0.2) is 20.9 Å². The number of hydrogen-bond donors (Lipinski definition) is 3. The summed E-state index contributed by atoms with van der Waals surface area (Å²) in [6.07, 6.45) is 2.95. The van der Waals surface area contributed by atoms with Gasteiger partial charge < -0.3 is 16.5 Å². The first kappa shape index (κ1) is 9.02. The van der Waals surface area contributed by atoms with Gasteiger partial charge in [-0.25, -0.2) is 9.97 Å². The molecule has 2 aromatic heterocycles. The Balaban J connectivity index is 2.64. The van der Waals surface area contributed by atoms with Crippen molar-refractivity contribution in [3.63, 3.8) is 0 Å². The summed E-state index contributed by atoms with van der Waals surface area (Å²) < 4.78 is 0. The SMILES string of the molecule is NC(=O)C#Cc1c[nH]c2ncnc(N)c12. The van der Waals surface area contributed by atoms with Gasteiger partial charge in [-0.3, -0.25) is 4.79 Å². The molecule has 15 heavy (non-hydrogen) atoms. The predicted molar refractivity (Wildman–Crippen MR) is 54.4 cm³/mol. The van der Waals surface area contributed by atoms with Crippen LogP contribution in [0.5, 0.6) is 0 Å². The first-order valence-electron chi connectivity index (χ1n) is 4.07. The summed E-state index contributed by atoms with van der Waals surface area (Å²) in [4.78, 5) is 21.1. The van der Waals surface area contributed by atoms with E-state index >= 15 is 0 Å². The maximum atomic E-state index is 10.5. The van der Waals surface area contributed by atoms with Gasteiger partial charge in [-0.05, 0) is 0 Å². The van der Waals surface area contributed by atoms with E-state index in [2.05, 4.69) is 26.8 Å². The van der Waals surface area contributed by atoms with Gasteiger partial charge in [-0.1, -0.05) is 5.92 Å². The topological polar surface area (TPSA) is 111 Å². The van der Waals surface area contributed by atoms with Crippen molar-refractivity contribution in [3.05, 3.63) is 18.1 Å². The molecule has 0 aliphatic heterocycles. The molecule has 0 atom stereocenters. The van der Waals surface area contributed by atoms with Crippen LogP contribution in [0.15, 0.2) is 12.5 Å². The van der Waals surface area contributed by atoms with Crippen molar-refractivity contribution in [1.29, 1.82) is 0 Å². The summed E-state index contributed by atoms with van der Waals surface area (Å²) in [7, 11) is 0. The summed E-state index contributed by atoms with van der Waals surface area (Å²) in [5, 5.41) is 0.603. The van der Waals surface area contributed by atoms with Gasteiger partial charge in [0.2, 0.25) is 0 Å². The minimum Gasteiger partial charge on any atom is -0.383 e. The Kier molecular flexibility index (Phi) is 1.99. The Hall–Kier alpha value is -2.55. The maximum absolute atomic E-state index is 10.5. The van der Waals surface area contributed by atoms with E-state index < -0.39 is 5.91 Å². The number of carbonyl (C=O) groups is 1. The molecule has 2 rings (SSSR count). The van der Waals surface area contributed by atoms with E-state index in [0.29, 0.717) is 22.4 Å². The molecule has 0 radical (unpaired) electrons. The number of rotatable bonds is 0. The van der Waals surface area contributed by atoms with Crippen LogP contribution in [0.2, 0.25) is 0 Å². The normalized spacial score (nSPS) is 9.60. The van der Waals surface area contributed by atoms with Crippen LogP contribution in [0, 0.1) is 11.8 Å². The van der Waals surface area contributed by atoms with E-state index in [1.54, 1.807) is 6.20 Å². The number of nitrogen functional groups attached to an aromatic ring is 1. The third-order valence-corrected chi connectivity index (χ3v) is 1.82. The van der Waals surface area contributed by atoms with Gasteiger partial charge in [0, 0.05) is 12.1 Å². The average molecular weight is 201 g/mol. The van der Waals surface area contributed by atoms with Gasteiger partial charge in [0.25, 0.3) is 5.91 Å². The molecule has 2 aromatic rings. The van der Waals surface area contributed by atoms with Gasteiger partial charge >= 0.3 is 0 Å². The number of nitrogens with two attached hydrogens (primary N) is 2. The van der Waals surface area contributed by atoms with Crippen molar-refractivity contribution >= 4 is 22.8 Å². The van der Waals surface area contributed by atoms with Gasteiger partial charge in [0.15, 0.2) is 0 Å². The van der Waals surface area contributed by atoms with Crippen molar-refractivity contribution < 1.29 is 4.79 Å². The van der Waals surface area contributed by atoms with Gasteiger partial charge in [-0.2, -0.15) is 0 Å². The second-order valence-corrected chi connectivity index (χ2v) is 2.80. The molecule has 0 bridgehead atoms. The number of aromatic nitrogens is 3. The molecule has 0 aromatic carbocycles. The molecule has 5 N–H and O–H groups in total. The van der Waals surface area contributed by atoms with Gasteiger partial charge in [0.1, 0.15) is 17.8 Å². The third kappa shape index (κ3) is 1.58. The minimum atomic E-state index is -0.695. The van der Waals surface area contributed by atoms with E-state index in [0.717, 1.165) is 0 Å². The Morgan fingerprint density at radius 1 is 1.47 bits per heavy atom. The predicted octanol–water partition coefficient (Wildman–Crippen LogP) is -0.623. The van der Waals surface area contributed by atoms with E-state index in [4.69, 9.17) is 11.5 Å². The van der Waals surface area contributed by atoms with Crippen LogP contribution in [0.3, 0.4) is 0 Å².